The molecule has 0 radical (unpaired) electrons. The third kappa shape index (κ3) is 22.7. The van der Waals surface area contributed by atoms with Crippen molar-refractivity contribution in [1.82, 2.24) is 0 Å². The van der Waals surface area contributed by atoms with Crippen LogP contribution in [0.15, 0.2) is 293 Å². The summed E-state index contributed by atoms with van der Waals surface area (Å²) in [6.45, 7) is 0.986. The molecule has 0 aliphatic heterocycles. The molecule has 0 fully saturated rings. The van der Waals surface area contributed by atoms with Gasteiger partial charge in [0.15, 0.2) is 44.1 Å². The maximum absolute atomic E-state index is 13.2. The van der Waals surface area contributed by atoms with Gasteiger partial charge in [0.2, 0.25) is 0 Å². The SMILES string of the molecule is CC(F)(F)C(=O)O.CC(F)(F)C(=O)O.CC(F)(F)C(=O)O.Fc1ccc([S+](c2ccc(F)cc2)c2ccc(F)cc2)cc1.Fc1ccc([S+](c2ccccc2)c2ccccc2)cc1.c1ccc([S+](c2ccccc2)c2ccccc2)cc1. The molecule has 9 aromatic rings. The summed E-state index contributed by atoms with van der Waals surface area (Å²) in [6.07, 6.45) is 0. The first kappa shape index (κ1) is 66.3. The van der Waals surface area contributed by atoms with Gasteiger partial charge in [0.25, 0.3) is 0 Å². The fourth-order valence-electron chi connectivity index (χ4n) is 6.29. The van der Waals surface area contributed by atoms with Crippen molar-refractivity contribution in [1.29, 1.82) is 0 Å². The Balaban J connectivity index is 0.000000226. The lowest BCUT2D eigenvalue weighted by molar-refractivity contribution is -0.162. The third-order valence-electron chi connectivity index (χ3n) is 10.2. The average Bonchev–Trinajstić information content (AvgIpc) is 3.47. The number of aliphatic carboxylic acids is 3. The second-order valence-electron chi connectivity index (χ2n) is 16.9. The number of carbonyl (C=O) groups is 3. The van der Waals surface area contributed by atoms with Gasteiger partial charge in [-0.1, -0.05) is 91.0 Å². The number of carboxylic acids is 3. The van der Waals surface area contributed by atoms with Crippen molar-refractivity contribution in [3.05, 3.63) is 272 Å². The molecule has 0 aliphatic rings. The summed E-state index contributed by atoms with van der Waals surface area (Å²) in [5.41, 5.74) is 0. The zero-order chi connectivity index (χ0) is 60.5. The van der Waals surface area contributed by atoms with E-state index in [0.717, 1.165) is 19.6 Å². The molecular weight excluding hydrogens is 1140 g/mol. The molecule has 426 valence electrons. The van der Waals surface area contributed by atoms with Crippen molar-refractivity contribution < 1.29 is 73.6 Å². The zero-order valence-corrected chi connectivity index (χ0v) is 46.2. The van der Waals surface area contributed by atoms with E-state index in [9.17, 15) is 58.3 Å². The van der Waals surface area contributed by atoms with Crippen LogP contribution < -0.4 is 0 Å². The minimum absolute atomic E-state index is 0.0146. The molecule has 82 heavy (non-hydrogen) atoms. The number of rotatable bonds is 12. The lowest BCUT2D eigenvalue weighted by Crippen LogP contribution is -2.22. The highest BCUT2D eigenvalue weighted by Gasteiger charge is 2.34. The Morgan fingerprint density at radius 2 is 0.366 bits per heavy atom. The molecule has 19 heteroatoms. The predicted molar refractivity (Wildman–Crippen MR) is 299 cm³/mol. The zero-order valence-electron chi connectivity index (χ0n) is 43.7. The topological polar surface area (TPSA) is 112 Å². The van der Waals surface area contributed by atoms with Gasteiger partial charge >= 0.3 is 35.7 Å². The fourth-order valence-corrected chi connectivity index (χ4v) is 12.5. The molecule has 0 atom stereocenters. The van der Waals surface area contributed by atoms with E-state index < -0.39 is 46.6 Å². The van der Waals surface area contributed by atoms with E-state index in [0.29, 0.717) is 20.8 Å². The molecule has 0 heterocycles. The molecule has 0 amide bonds. The van der Waals surface area contributed by atoms with Crippen LogP contribution in [0.4, 0.5) is 43.9 Å². The number of carboxylic acid groups (broad SMARTS) is 3. The molecule has 9 rings (SSSR count). The van der Waals surface area contributed by atoms with Gasteiger partial charge in [-0.3, -0.25) is 0 Å². The van der Waals surface area contributed by atoms with Crippen molar-refractivity contribution in [2.75, 3.05) is 0 Å². The Bertz CT molecular complexity index is 3010. The Morgan fingerprint density at radius 1 is 0.256 bits per heavy atom. The van der Waals surface area contributed by atoms with Crippen LogP contribution in [0, 0.1) is 23.3 Å². The Labute approximate surface area is 476 Å². The lowest BCUT2D eigenvalue weighted by atomic mass is 10.3. The fraction of sp³-hybridized carbons (Fsp3) is 0.0952. The monoisotopic (exact) mass is 1190 g/mol. The van der Waals surface area contributed by atoms with E-state index in [1.54, 1.807) is 36.4 Å². The first-order chi connectivity index (χ1) is 38.8. The highest BCUT2D eigenvalue weighted by Crippen LogP contribution is 2.34. The summed E-state index contributed by atoms with van der Waals surface area (Å²) in [7, 11) is -0.744. The van der Waals surface area contributed by atoms with E-state index in [1.807, 2.05) is 48.5 Å². The van der Waals surface area contributed by atoms with Crippen molar-refractivity contribution in [2.24, 2.45) is 0 Å². The van der Waals surface area contributed by atoms with Crippen LogP contribution >= 0.6 is 0 Å². The average molecular weight is 1190 g/mol. The minimum atomic E-state index is -3.58. The summed E-state index contributed by atoms with van der Waals surface area (Å²) in [5, 5.41) is 22.5. The summed E-state index contributed by atoms with van der Waals surface area (Å²) in [5.74, 6) is -18.2. The van der Waals surface area contributed by atoms with Crippen molar-refractivity contribution in [2.45, 2.75) is 82.6 Å². The molecule has 0 bridgehead atoms. The van der Waals surface area contributed by atoms with E-state index in [2.05, 4.69) is 115 Å². The Kier molecular flexibility index (Phi) is 26.1. The van der Waals surface area contributed by atoms with Gasteiger partial charge in [-0.25, -0.2) is 31.9 Å². The molecule has 0 saturated heterocycles. The van der Waals surface area contributed by atoms with E-state index in [1.165, 1.54) is 73.0 Å². The van der Waals surface area contributed by atoms with Gasteiger partial charge < -0.3 is 15.3 Å². The maximum Gasteiger partial charge on any atom is 0.374 e. The van der Waals surface area contributed by atoms with E-state index >= 15 is 0 Å². The van der Waals surface area contributed by atoms with Crippen LogP contribution in [0.3, 0.4) is 0 Å². The predicted octanol–water partition coefficient (Wildman–Crippen LogP) is 17.1. The molecular formula is C63H53F10O6S3+3. The number of alkyl halides is 6. The van der Waals surface area contributed by atoms with Crippen LogP contribution in [0.5, 0.6) is 0 Å². The van der Waals surface area contributed by atoms with E-state index in [-0.39, 0.29) is 45.1 Å². The summed E-state index contributed by atoms with van der Waals surface area (Å²) >= 11 is 0. The summed E-state index contributed by atoms with van der Waals surface area (Å²) in [6, 6.07) is 78.2. The highest BCUT2D eigenvalue weighted by molar-refractivity contribution is 7.97. The third-order valence-corrected chi connectivity index (χ3v) is 16.9. The van der Waals surface area contributed by atoms with Gasteiger partial charge in [-0.05, 0) is 158 Å². The first-order valence-corrected chi connectivity index (χ1v) is 27.8. The quantitative estimate of drug-likeness (QED) is 0.0830. The summed E-state index contributed by atoms with van der Waals surface area (Å²) in [4.78, 5) is 38.2. The van der Waals surface area contributed by atoms with Crippen LogP contribution in [0.1, 0.15) is 20.8 Å². The van der Waals surface area contributed by atoms with Crippen LogP contribution in [0.25, 0.3) is 0 Å². The molecule has 0 saturated carbocycles. The molecule has 0 unspecified atom stereocenters. The number of benzene rings is 9. The molecule has 0 aromatic heterocycles. The maximum atomic E-state index is 13.2. The van der Waals surface area contributed by atoms with Crippen LogP contribution in [-0.2, 0) is 47.1 Å². The standard InChI is InChI=1S/C18H12F3S.C18H14FS.C18H15S.3C3H4F2O2/c19-13-1-7-16(8-2-13)22(17-9-3-14(20)4-10-17)18-11-5-15(21)6-12-18;19-15-11-13-18(14-12-15)20(16-7-3-1-4-8-16)17-9-5-2-6-10-17;1-4-10-16(11-5-1)19(17-12-6-2-7-13-17)18-14-8-3-9-15-18;3*1-3(4,5)2(6)7/h1-12H;1-14H;1-15H;3*1H3,(H,6,7)/q3*+1;;;. The van der Waals surface area contributed by atoms with Crippen LogP contribution in [-0.4, -0.2) is 51.0 Å². The number of hydrogen-bond acceptors (Lipinski definition) is 3. The molecule has 0 aliphatic carbocycles. The molecule has 3 N–H and O–H groups in total. The lowest BCUT2D eigenvalue weighted by Gasteiger charge is -2.08. The molecule has 0 spiro atoms. The van der Waals surface area contributed by atoms with Gasteiger partial charge in [0, 0.05) is 20.8 Å². The van der Waals surface area contributed by atoms with Gasteiger partial charge in [-0.2, -0.15) is 26.3 Å². The normalized spacial score (nSPS) is 10.9. The van der Waals surface area contributed by atoms with Gasteiger partial charge in [0.05, 0.1) is 32.7 Å². The Morgan fingerprint density at radius 3 is 0.476 bits per heavy atom. The molecule has 6 nitrogen and oxygen atoms in total. The van der Waals surface area contributed by atoms with Crippen molar-refractivity contribution >= 4 is 50.6 Å². The second kappa shape index (κ2) is 32.3. The molecule has 9 aromatic carbocycles. The second-order valence-corrected chi connectivity index (χ2v) is 23.0. The number of hydrogen-bond donors (Lipinski definition) is 3. The van der Waals surface area contributed by atoms with Crippen LogP contribution in [0.2, 0.25) is 0 Å². The highest BCUT2D eigenvalue weighted by atomic mass is 32.2. The van der Waals surface area contributed by atoms with Gasteiger partial charge in [0.1, 0.15) is 23.3 Å². The largest absolute Gasteiger partial charge is 0.477 e. The Hall–Kier alpha value is -8.26. The number of halogens is 10. The minimum Gasteiger partial charge on any atom is -0.477 e. The van der Waals surface area contributed by atoms with Crippen molar-refractivity contribution in [3.8, 4) is 0 Å². The van der Waals surface area contributed by atoms with E-state index in [4.69, 9.17) is 15.3 Å². The first-order valence-electron chi connectivity index (χ1n) is 24.1. The summed E-state index contributed by atoms with van der Waals surface area (Å²) < 4.78 is 120. The van der Waals surface area contributed by atoms with Gasteiger partial charge in [-0.15, -0.1) is 0 Å². The smallest absolute Gasteiger partial charge is 0.374 e. The van der Waals surface area contributed by atoms with Crippen molar-refractivity contribution in [3.63, 3.8) is 0 Å².